The van der Waals surface area contributed by atoms with Crippen LogP contribution < -0.4 is 11.3 Å². The van der Waals surface area contributed by atoms with Crippen LogP contribution in [0.5, 0.6) is 0 Å². The molecule has 88 valence electrons. The van der Waals surface area contributed by atoms with Crippen LogP contribution in [0.15, 0.2) is 27.7 Å². The highest BCUT2D eigenvalue weighted by atomic mass is 79.9. The Labute approximate surface area is 109 Å². The van der Waals surface area contributed by atoms with Gasteiger partial charge in [0.05, 0.1) is 5.54 Å². The third-order valence-corrected chi connectivity index (χ3v) is 2.40. The van der Waals surface area contributed by atoms with Gasteiger partial charge in [-0.25, -0.2) is 5.84 Å². The molecule has 0 atom stereocenters. The van der Waals surface area contributed by atoms with E-state index in [1.165, 1.54) is 0 Å². The molecular formula is C11H15BrClN3. The molecule has 3 nitrogen and oxygen atoms in total. The molecule has 0 saturated heterocycles. The zero-order valence-corrected chi connectivity index (χ0v) is 11.9. The Morgan fingerprint density at radius 2 is 2.00 bits per heavy atom. The SMILES string of the molecule is CC(C)(C)N=C(NN)c1cc(Cl)cc(Br)c1. The van der Waals surface area contributed by atoms with Gasteiger partial charge in [-0.15, -0.1) is 0 Å². The predicted octanol–water partition coefficient (Wildman–Crippen LogP) is 3.11. The van der Waals surface area contributed by atoms with Crippen LogP contribution in [0.2, 0.25) is 5.02 Å². The monoisotopic (exact) mass is 303 g/mol. The largest absolute Gasteiger partial charge is 0.308 e. The second-order valence-electron chi connectivity index (χ2n) is 4.43. The summed E-state index contributed by atoms with van der Waals surface area (Å²) in [5.41, 5.74) is 3.26. The van der Waals surface area contributed by atoms with E-state index in [0.717, 1.165) is 10.0 Å². The molecule has 0 spiro atoms. The highest BCUT2D eigenvalue weighted by molar-refractivity contribution is 9.10. The average molecular weight is 305 g/mol. The van der Waals surface area contributed by atoms with Gasteiger partial charge in [0.1, 0.15) is 5.84 Å². The molecule has 0 aromatic heterocycles. The standard InChI is InChI=1S/C11H15BrClN3/c1-11(2,3)15-10(16-14)7-4-8(12)6-9(13)5-7/h4-6H,14H2,1-3H3,(H,15,16). The number of rotatable bonds is 1. The number of nitrogens with two attached hydrogens (primary N) is 1. The summed E-state index contributed by atoms with van der Waals surface area (Å²) in [6.07, 6.45) is 0. The van der Waals surface area contributed by atoms with Crippen LogP contribution in [0.25, 0.3) is 0 Å². The highest BCUT2D eigenvalue weighted by Crippen LogP contribution is 2.20. The van der Waals surface area contributed by atoms with Crippen molar-refractivity contribution in [3.05, 3.63) is 33.3 Å². The molecule has 0 unspecified atom stereocenters. The van der Waals surface area contributed by atoms with E-state index < -0.39 is 0 Å². The molecule has 0 aliphatic heterocycles. The average Bonchev–Trinajstić information content (AvgIpc) is 2.11. The van der Waals surface area contributed by atoms with Gasteiger partial charge in [0.2, 0.25) is 0 Å². The molecule has 0 amide bonds. The number of hydrogen-bond acceptors (Lipinski definition) is 2. The van der Waals surface area contributed by atoms with Crippen molar-refractivity contribution >= 4 is 33.4 Å². The summed E-state index contributed by atoms with van der Waals surface area (Å²) < 4.78 is 0.895. The Balaban J connectivity index is 3.19. The van der Waals surface area contributed by atoms with Crippen molar-refractivity contribution in [2.24, 2.45) is 10.8 Å². The first kappa shape index (κ1) is 13.5. The number of nitrogens with one attached hydrogen (secondary N) is 1. The van der Waals surface area contributed by atoms with Crippen LogP contribution in [-0.4, -0.2) is 11.4 Å². The summed E-state index contributed by atoms with van der Waals surface area (Å²) in [7, 11) is 0. The summed E-state index contributed by atoms with van der Waals surface area (Å²) in [6, 6.07) is 5.54. The Kier molecular flexibility index (Phi) is 4.35. The van der Waals surface area contributed by atoms with Crippen LogP contribution in [0, 0.1) is 0 Å². The van der Waals surface area contributed by atoms with E-state index in [4.69, 9.17) is 17.4 Å². The first-order chi connectivity index (χ1) is 7.31. The summed E-state index contributed by atoms with van der Waals surface area (Å²) in [4.78, 5) is 4.48. The number of nitrogens with zero attached hydrogens (tertiary/aromatic N) is 1. The second-order valence-corrected chi connectivity index (χ2v) is 5.79. The molecule has 1 rings (SSSR count). The Bertz CT molecular complexity index is 390. The fourth-order valence-electron chi connectivity index (χ4n) is 1.21. The van der Waals surface area contributed by atoms with Gasteiger partial charge >= 0.3 is 0 Å². The zero-order valence-electron chi connectivity index (χ0n) is 9.51. The third kappa shape index (κ3) is 4.12. The zero-order chi connectivity index (χ0) is 12.3. The Morgan fingerprint density at radius 3 is 2.44 bits per heavy atom. The number of aliphatic imine (C=N–C) groups is 1. The number of benzene rings is 1. The Hall–Kier alpha value is -0.580. The normalized spacial score (nSPS) is 12.8. The van der Waals surface area contributed by atoms with Crippen LogP contribution in [0.3, 0.4) is 0 Å². The van der Waals surface area contributed by atoms with Crippen molar-refractivity contribution in [3.8, 4) is 0 Å². The van der Waals surface area contributed by atoms with Gasteiger partial charge in [-0.2, -0.15) is 0 Å². The van der Waals surface area contributed by atoms with Gasteiger partial charge in [-0.05, 0) is 39.0 Å². The molecule has 0 fully saturated rings. The van der Waals surface area contributed by atoms with Crippen LogP contribution >= 0.6 is 27.5 Å². The minimum atomic E-state index is -0.198. The number of amidine groups is 1. The molecule has 16 heavy (non-hydrogen) atoms. The minimum absolute atomic E-state index is 0.198. The van der Waals surface area contributed by atoms with E-state index in [-0.39, 0.29) is 5.54 Å². The van der Waals surface area contributed by atoms with E-state index in [2.05, 4.69) is 26.3 Å². The summed E-state index contributed by atoms with van der Waals surface area (Å²) in [5, 5.41) is 0.640. The highest BCUT2D eigenvalue weighted by Gasteiger charge is 2.11. The van der Waals surface area contributed by atoms with Gasteiger partial charge in [0, 0.05) is 15.1 Å². The lowest BCUT2D eigenvalue weighted by Crippen LogP contribution is -2.33. The summed E-state index contributed by atoms with van der Waals surface area (Å²) in [5.74, 6) is 6.09. The third-order valence-electron chi connectivity index (χ3n) is 1.72. The van der Waals surface area contributed by atoms with Gasteiger partial charge in [0.15, 0.2) is 0 Å². The fraction of sp³-hybridized carbons (Fsp3) is 0.364. The maximum absolute atomic E-state index is 5.97. The smallest absolute Gasteiger partial charge is 0.143 e. The second kappa shape index (κ2) is 5.17. The molecule has 1 aromatic rings. The van der Waals surface area contributed by atoms with E-state index in [9.17, 15) is 0 Å². The first-order valence-electron chi connectivity index (χ1n) is 4.85. The van der Waals surface area contributed by atoms with Crippen LogP contribution in [0.1, 0.15) is 26.3 Å². The molecule has 0 aliphatic carbocycles. The lowest BCUT2D eigenvalue weighted by atomic mass is 10.1. The quantitative estimate of drug-likeness (QED) is 0.362. The maximum Gasteiger partial charge on any atom is 0.143 e. The number of hydrazine groups is 1. The molecule has 0 radical (unpaired) electrons. The molecule has 0 heterocycles. The molecule has 3 N–H and O–H groups in total. The van der Waals surface area contributed by atoms with Crippen LogP contribution in [0.4, 0.5) is 0 Å². The minimum Gasteiger partial charge on any atom is -0.308 e. The Morgan fingerprint density at radius 1 is 1.38 bits per heavy atom. The van der Waals surface area contributed by atoms with Crippen molar-refractivity contribution < 1.29 is 0 Å². The molecule has 0 bridgehead atoms. The predicted molar refractivity (Wildman–Crippen MR) is 72.8 cm³/mol. The fourth-order valence-corrected chi connectivity index (χ4v) is 2.07. The molecular weight excluding hydrogens is 289 g/mol. The molecule has 0 aliphatic rings. The lowest BCUT2D eigenvalue weighted by Gasteiger charge is -2.16. The maximum atomic E-state index is 5.97. The van der Waals surface area contributed by atoms with Crippen molar-refractivity contribution in [3.63, 3.8) is 0 Å². The number of halogens is 2. The van der Waals surface area contributed by atoms with Crippen molar-refractivity contribution in [2.45, 2.75) is 26.3 Å². The van der Waals surface area contributed by atoms with E-state index in [0.29, 0.717) is 10.9 Å². The number of hydrogen-bond donors (Lipinski definition) is 2. The van der Waals surface area contributed by atoms with E-state index in [1.807, 2.05) is 39.0 Å². The summed E-state index contributed by atoms with van der Waals surface area (Å²) >= 11 is 9.35. The van der Waals surface area contributed by atoms with E-state index in [1.54, 1.807) is 0 Å². The topological polar surface area (TPSA) is 50.4 Å². The summed E-state index contributed by atoms with van der Waals surface area (Å²) in [6.45, 7) is 6.01. The van der Waals surface area contributed by atoms with Gasteiger partial charge in [-0.1, -0.05) is 27.5 Å². The molecule has 0 saturated carbocycles. The lowest BCUT2D eigenvalue weighted by molar-refractivity contribution is 0.580. The van der Waals surface area contributed by atoms with Gasteiger partial charge in [-0.3, -0.25) is 4.99 Å². The molecule has 5 heteroatoms. The van der Waals surface area contributed by atoms with Crippen molar-refractivity contribution in [1.29, 1.82) is 0 Å². The van der Waals surface area contributed by atoms with Gasteiger partial charge in [0.25, 0.3) is 0 Å². The van der Waals surface area contributed by atoms with Crippen molar-refractivity contribution in [1.82, 2.24) is 5.43 Å². The molecule has 1 aromatic carbocycles. The van der Waals surface area contributed by atoms with Gasteiger partial charge < -0.3 is 5.43 Å². The van der Waals surface area contributed by atoms with Crippen LogP contribution in [-0.2, 0) is 0 Å². The first-order valence-corrected chi connectivity index (χ1v) is 6.02. The van der Waals surface area contributed by atoms with E-state index >= 15 is 0 Å². The van der Waals surface area contributed by atoms with Crippen molar-refractivity contribution in [2.75, 3.05) is 0 Å².